The van der Waals surface area contributed by atoms with Crippen LogP contribution >= 0.6 is 23.2 Å². The lowest BCUT2D eigenvalue weighted by Crippen LogP contribution is -2.23. The largest absolute Gasteiger partial charge is 0.495 e. The van der Waals surface area contributed by atoms with Crippen molar-refractivity contribution in [1.29, 1.82) is 5.26 Å². The van der Waals surface area contributed by atoms with E-state index in [0.717, 1.165) is 5.56 Å². The number of rotatable bonds is 3. The molecule has 0 bridgehead atoms. The third-order valence-electron chi connectivity index (χ3n) is 2.66. The zero-order valence-electron chi connectivity index (χ0n) is 10.4. The number of methoxy groups -OCH3 is 1. The van der Waals surface area contributed by atoms with Gasteiger partial charge in [0.05, 0.1) is 30.4 Å². The molecule has 1 heterocycles. The molecule has 0 N–H and O–H groups in total. The number of nitrogens with zero attached hydrogens (tertiary/aromatic N) is 3. The fourth-order valence-electron chi connectivity index (χ4n) is 1.67. The normalized spacial score (nSPS) is 10.1. The number of hydrogen-bond donors (Lipinski definition) is 0. The van der Waals surface area contributed by atoms with Crippen molar-refractivity contribution in [1.82, 2.24) is 9.78 Å². The van der Waals surface area contributed by atoms with Gasteiger partial charge in [0.15, 0.2) is 0 Å². The van der Waals surface area contributed by atoms with Crippen molar-refractivity contribution in [2.24, 2.45) is 0 Å². The zero-order valence-corrected chi connectivity index (χ0v) is 11.9. The summed E-state index contributed by atoms with van der Waals surface area (Å²) < 4.78 is 6.23. The van der Waals surface area contributed by atoms with Crippen LogP contribution in [0.1, 0.15) is 11.1 Å². The molecule has 20 heavy (non-hydrogen) atoms. The van der Waals surface area contributed by atoms with Crippen LogP contribution in [0.4, 0.5) is 0 Å². The molecule has 0 unspecified atom stereocenters. The van der Waals surface area contributed by atoms with Gasteiger partial charge in [0.1, 0.15) is 16.8 Å². The molecule has 2 aromatic rings. The molecular weight excluding hydrogens is 301 g/mol. The molecule has 1 aromatic carbocycles. The highest BCUT2D eigenvalue weighted by Crippen LogP contribution is 2.19. The molecule has 0 aliphatic carbocycles. The van der Waals surface area contributed by atoms with Gasteiger partial charge in [0.25, 0.3) is 5.56 Å². The number of benzene rings is 1. The first-order valence-corrected chi connectivity index (χ1v) is 6.30. The highest BCUT2D eigenvalue weighted by Gasteiger charge is 2.09. The van der Waals surface area contributed by atoms with E-state index >= 15 is 0 Å². The Labute approximate surface area is 124 Å². The third kappa shape index (κ3) is 2.77. The molecule has 0 radical (unpaired) electrons. The quantitative estimate of drug-likeness (QED) is 0.873. The highest BCUT2D eigenvalue weighted by atomic mass is 35.5. The summed E-state index contributed by atoms with van der Waals surface area (Å²) >= 11 is 11.5. The Morgan fingerprint density at radius 2 is 2.20 bits per heavy atom. The van der Waals surface area contributed by atoms with Gasteiger partial charge in [-0.15, -0.1) is 0 Å². The first-order chi connectivity index (χ1) is 9.56. The maximum atomic E-state index is 11.9. The molecule has 5 nitrogen and oxygen atoms in total. The standard InChI is InChI=1S/C13H9Cl2N3O2/c1-20-11-3-2-8(4-9(11)5-16)7-18-13(19)12(15)10(14)6-17-18/h2-4,6H,7H2,1H3. The molecule has 0 fully saturated rings. The van der Waals surface area contributed by atoms with Gasteiger partial charge in [-0.25, -0.2) is 4.68 Å². The van der Waals surface area contributed by atoms with Crippen molar-refractivity contribution in [2.75, 3.05) is 7.11 Å². The minimum atomic E-state index is -0.478. The Kier molecular flexibility index (Phi) is 4.28. The Bertz CT molecular complexity index is 750. The molecule has 0 aliphatic heterocycles. The van der Waals surface area contributed by atoms with Crippen LogP contribution in [0.2, 0.25) is 10.0 Å². The van der Waals surface area contributed by atoms with Gasteiger partial charge in [0.2, 0.25) is 0 Å². The van der Waals surface area contributed by atoms with E-state index in [1.54, 1.807) is 18.2 Å². The van der Waals surface area contributed by atoms with Crippen LogP contribution in [0.3, 0.4) is 0 Å². The lowest BCUT2D eigenvalue weighted by molar-refractivity contribution is 0.413. The number of aromatic nitrogens is 2. The molecule has 0 spiro atoms. The Morgan fingerprint density at radius 3 is 2.85 bits per heavy atom. The lowest BCUT2D eigenvalue weighted by Gasteiger charge is -2.08. The van der Waals surface area contributed by atoms with Crippen LogP contribution in [0.25, 0.3) is 0 Å². The summed E-state index contributed by atoms with van der Waals surface area (Å²) in [5.74, 6) is 0.477. The molecule has 102 valence electrons. The van der Waals surface area contributed by atoms with Crippen molar-refractivity contribution < 1.29 is 4.74 Å². The minimum absolute atomic E-state index is 0.0734. The smallest absolute Gasteiger partial charge is 0.287 e. The van der Waals surface area contributed by atoms with Crippen LogP contribution in [0.15, 0.2) is 29.2 Å². The van der Waals surface area contributed by atoms with Crippen molar-refractivity contribution in [3.63, 3.8) is 0 Å². The molecule has 2 rings (SSSR count). The molecule has 0 amide bonds. The third-order valence-corrected chi connectivity index (χ3v) is 3.41. The second kappa shape index (κ2) is 5.95. The molecule has 1 aromatic heterocycles. The van der Waals surface area contributed by atoms with Crippen LogP contribution in [0, 0.1) is 11.3 Å². The summed E-state index contributed by atoms with van der Waals surface area (Å²) in [4.78, 5) is 11.9. The van der Waals surface area contributed by atoms with E-state index in [9.17, 15) is 4.79 Å². The van der Waals surface area contributed by atoms with E-state index in [4.69, 9.17) is 33.2 Å². The summed E-state index contributed by atoms with van der Waals surface area (Å²) in [6.45, 7) is 0.189. The van der Waals surface area contributed by atoms with Crippen LogP contribution in [-0.4, -0.2) is 16.9 Å². The summed E-state index contributed by atoms with van der Waals surface area (Å²) in [6.07, 6.45) is 1.31. The lowest BCUT2D eigenvalue weighted by atomic mass is 10.1. The second-order valence-electron chi connectivity index (χ2n) is 3.92. The van der Waals surface area contributed by atoms with E-state index in [1.807, 2.05) is 6.07 Å². The number of hydrogen-bond acceptors (Lipinski definition) is 4. The average Bonchev–Trinajstić information content (AvgIpc) is 2.47. The number of halogens is 2. The monoisotopic (exact) mass is 309 g/mol. The maximum absolute atomic E-state index is 11.9. The number of nitriles is 1. The van der Waals surface area contributed by atoms with Crippen LogP contribution in [0.5, 0.6) is 5.75 Å². The first kappa shape index (κ1) is 14.4. The van der Waals surface area contributed by atoms with E-state index in [2.05, 4.69) is 5.10 Å². The van der Waals surface area contributed by atoms with Gasteiger partial charge < -0.3 is 4.74 Å². The predicted octanol–water partition coefficient (Wildman–Crippen LogP) is 2.48. The van der Waals surface area contributed by atoms with Crippen molar-refractivity contribution >= 4 is 23.2 Å². The van der Waals surface area contributed by atoms with Gasteiger partial charge >= 0.3 is 0 Å². The van der Waals surface area contributed by atoms with Crippen LogP contribution in [-0.2, 0) is 6.54 Å². The maximum Gasteiger partial charge on any atom is 0.287 e. The van der Waals surface area contributed by atoms with Gasteiger partial charge in [-0.05, 0) is 17.7 Å². The van der Waals surface area contributed by atoms with Crippen molar-refractivity contribution in [3.05, 3.63) is 55.9 Å². The average molecular weight is 310 g/mol. The fraction of sp³-hybridized carbons (Fsp3) is 0.154. The Balaban J connectivity index is 2.39. The second-order valence-corrected chi connectivity index (χ2v) is 4.70. The molecule has 7 heteroatoms. The molecule has 0 aliphatic rings. The van der Waals surface area contributed by atoms with Gasteiger partial charge in [-0.2, -0.15) is 10.4 Å². The van der Waals surface area contributed by atoms with E-state index in [-0.39, 0.29) is 16.6 Å². The summed E-state index contributed by atoms with van der Waals surface area (Å²) in [5, 5.41) is 13.0. The SMILES string of the molecule is COc1ccc(Cn2ncc(Cl)c(Cl)c2=O)cc1C#N. The minimum Gasteiger partial charge on any atom is -0.495 e. The topological polar surface area (TPSA) is 67.9 Å². The van der Waals surface area contributed by atoms with Gasteiger partial charge in [-0.3, -0.25) is 4.79 Å². The summed E-state index contributed by atoms with van der Waals surface area (Å²) in [6, 6.07) is 7.07. The summed E-state index contributed by atoms with van der Waals surface area (Å²) in [5.41, 5.74) is 0.641. The van der Waals surface area contributed by atoms with Gasteiger partial charge in [-0.1, -0.05) is 29.3 Å². The molecule has 0 saturated carbocycles. The van der Waals surface area contributed by atoms with E-state index < -0.39 is 5.56 Å². The number of ether oxygens (including phenoxy) is 1. The molecule has 0 saturated heterocycles. The van der Waals surface area contributed by atoms with E-state index in [0.29, 0.717) is 11.3 Å². The summed E-state index contributed by atoms with van der Waals surface area (Å²) in [7, 11) is 1.49. The molecular formula is C13H9Cl2N3O2. The van der Waals surface area contributed by atoms with Crippen molar-refractivity contribution in [2.45, 2.75) is 6.54 Å². The van der Waals surface area contributed by atoms with Crippen molar-refractivity contribution in [3.8, 4) is 11.8 Å². The Hall–Kier alpha value is -2.03. The molecule has 0 atom stereocenters. The van der Waals surface area contributed by atoms with E-state index in [1.165, 1.54) is 18.0 Å². The fourth-order valence-corrected chi connectivity index (χ4v) is 1.94. The van der Waals surface area contributed by atoms with Crippen LogP contribution < -0.4 is 10.3 Å². The zero-order chi connectivity index (χ0) is 14.7. The van der Waals surface area contributed by atoms with Gasteiger partial charge in [0, 0.05) is 0 Å². The first-order valence-electron chi connectivity index (χ1n) is 5.55. The highest BCUT2D eigenvalue weighted by molar-refractivity contribution is 6.41. The Morgan fingerprint density at radius 1 is 1.45 bits per heavy atom. The predicted molar refractivity (Wildman–Crippen MR) is 75.3 cm³/mol.